The zero-order chi connectivity index (χ0) is 13.0. The molecule has 0 radical (unpaired) electrons. The van der Waals surface area contributed by atoms with Gasteiger partial charge < -0.3 is 9.53 Å². The van der Waals surface area contributed by atoms with E-state index < -0.39 is 14.3 Å². The molecule has 0 bridgehead atoms. The van der Waals surface area contributed by atoms with Crippen molar-refractivity contribution < 1.29 is 14.3 Å². The maximum absolute atomic E-state index is 10.8. The minimum absolute atomic E-state index is 0.192. The number of rotatable bonds is 6. The van der Waals surface area contributed by atoms with Crippen LogP contribution in [0.4, 0.5) is 0 Å². The van der Waals surface area contributed by atoms with E-state index in [1.54, 1.807) is 0 Å². The van der Waals surface area contributed by atoms with Gasteiger partial charge in [-0.2, -0.15) is 0 Å². The third-order valence-electron chi connectivity index (χ3n) is 3.58. The van der Waals surface area contributed by atoms with E-state index in [9.17, 15) is 4.79 Å². The molecule has 4 heteroatoms. The molecule has 96 valence electrons. The Bertz CT molecular complexity index is 231. The third-order valence-corrected chi connectivity index (χ3v) is 8.12. The van der Waals surface area contributed by atoms with Crippen molar-refractivity contribution >= 4 is 14.3 Å². The van der Waals surface area contributed by atoms with Crippen molar-refractivity contribution in [2.24, 2.45) is 5.92 Å². The van der Waals surface area contributed by atoms with Gasteiger partial charge in [0, 0.05) is 6.61 Å². The summed E-state index contributed by atoms with van der Waals surface area (Å²) >= 11 is 0. The number of hydrogen-bond acceptors (Lipinski definition) is 2. The predicted octanol–water partition coefficient (Wildman–Crippen LogP) is 3.51. The number of carbonyl (C=O) groups is 1. The highest BCUT2D eigenvalue weighted by Gasteiger charge is 2.37. The first-order valence-electron chi connectivity index (χ1n) is 5.98. The van der Waals surface area contributed by atoms with Gasteiger partial charge >= 0.3 is 5.97 Å². The number of hydrogen-bond donors (Lipinski definition) is 1. The smallest absolute Gasteiger partial charge is 0.306 e. The summed E-state index contributed by atoms with van der Waals surface area (Å²) in [5.41, 5.74) is 0. The van der Waals surface area contributed by atoms with Crippen LogP contribution < -0.4 is 0 Å². The molecule has 1 N–H and O–H groups in total. The summed E-state index contributed by atoms with van der Waals surface area (Å²) in [5.74, 6) is -0.967. The van der Waals surface area contributed by atoms with Crippen LogP contribution in [-0.2, 0) is 9.22 Å². The minimum Gasteiger partial charge on any atom is -0.481 e. The first-order chi connectivity index (χ1) is 7.12. The van der Waals surface area contributed by atoms with Crippen molar-refractivity contribution in [1.82, 2.24) is 0 Å². The van der Waals surface area contributed by atoms with Gasteiger partial charge in [-0.25, -0.2) is 0 Å². The number of aliphatic carboxylic acids is 1. The van der Waals surface area contributed by atoms with E-state index in [1.807, 2.05) is 6.92 Å². The summed E-state index contributed by atoms with van der Waals surface area (Å²) in [6, 6.07) is 0. The first-order valence-corrected chi connectivity index (χ1v) is 8.89. The van der Waals surface area contributed by atoms with Crippen LogP contribution in [-0.4, -0.2) is 26.0 Å². The molecule has 0 unspecified atom stereocenters. The molecule has 1 atom stereocenters. The molecule has 0 aliphatic carbocycles. The van der Waals surface area contributed by atoms with Crippen molar-refractivity contribution in [2.45, 2.75) is 58.7 Å². The summed E-state index contributed by atoms with van der Waals surface area (Å²) in [7, 11) is -1.71. The predicted molar refractivity (Wildman–Crippen MR) is 69.2 cm³/mol. The van der Waals surface area contributed by atoms with Crippen molar-refractivity contribution in [3.05, 3.63) is 0 Å². The highest BCUT2D eigenvalue weighted by Crippen LogP contribution is 2.36. The lowest BCUT2D eigenvalue weighted by Crippen LogP contribution is -2.41. The maximum atomic E-state index is 10.8. The minimum atomic E-state index is -1.71. The molecule has 0 fully saturated rings. The Morgan fingerprint density at radius 1 is 1.38 bits per heavy atom. The summed E-state index contributed by atoms with van der Waals surface area (Å²) in [6.45, 7) is 13.4. The molecule has 0 aromatic carbocycles. The normalized spacial score (nSPS) is 14.9. The van der Waals surface area contributed by atoms with Gasteiger partial charge in [-0.05, 0) is 31.0 Å². The largest absolute Gasteiger partial charge is 0.481 e. The quantitative estimate of drug-likeness (QED) is 0.730. The van der Waals surface area contributed by atoms with E-state index in [0.717, 1.165) is 0 Å². The topological polar surface area (TPSA) is 46.5 Å². The Hall–Kier alpha value is -0.353. The fraction of sp³-hybridized carbons (Fsp3) is 0.917. The van der Waals surface area contributed by atoms with Crippen LogP contribution in [0.3, 0.4) is 0 Å². The van der Waals surface area contributed by atoms with Crippen LogP contribution in [0.1, 0.15) is 40.5 Å². The Morgan fingerprint density at radius 3 is 2.19 bits per heavy atom. The first kappa shape index (κ1) is 15.6. The van der Waals surface area contributed by atoms with Gasteiger partial charge in [-0.15, -0.1) is 0 Å². The van der Waals surface area contributed by atoms with Crippen molar-refractivity contribution in [3.63, 3.8) is 0 Å². The highest BCUT2D eigenvalue weighted by atomic mass is 28.4. The van der Waals surface area contributed by atoms with Crippen LogP contribution in [0.2, 0.25) is 18.1 Å². The molecule has 0 aromatic heterocycles. The van der Waals surface area contributed by atoms with Crippen molar-refractivity contribution in [3.8, 4) is 0 Å². The van der Waals surface area contributed by atoms with Crippen LogP contribution in [0.5, 0.6) is 0 Å². The van der Waals surface area contributed by atoms with E-state index >= 15 is 0 Å². The fourth-order valence-electron chi connectivity index (χ4n) is 1.18. The van der Waals surface area contributed by atoms with Crippen LogP contribution in [0, 0.1) is 5.92 Å². The Balaban J connectivity index is 4.12. The molecular formula is C12H26O3Si. The van der Waals surface area contributed by atoms with Gasteiger partial charge in [-0.3, -0.25) is 4.79 Å². The molecule has 0 aliphatic rings. The standard InChI is InChI=1S/C12H26O3Si/c1-7-10(11(13)14)8-9-15-16(5,6)12(2,3)4/h10H,7-9H2,1-6H3,(H,13,14)/t10-/m1/s1. The van der Waals surface area contributed by atoms with E-state index in [1.165, 1.54) is 0 Å². The molecule has 0 amide bonds. The maximum Gasteiger partial charge on any atom is 0.306 e. The Morgan fingerprint density at radius 2 is 1.88 bits per heavy atom. The third kappa shape index (κ3) is 4.66. The van der Waals surface area contributed by atoms with Gasteiger partial charge in [0.2, 0.25) is 0 Å². The Labute approximate surface area is 100 Å². The second-order valence-corrected chi connectivity index (χ2v) is 10.7. The van der Waals surface area contributed by atoms with Gasteiger partial charge in [0.25, 0.3) is 0 Å². The van der Waals surface area contributed by atoms with Crippen molar-refractivity contribution in [2.75, 3.05) is 6.61 Å². The number of carboxylic acid groups (broad SMARTS) is 1. The van der Waals surface area contributed by atoms with Crippen LogP contribution in [0.15, 0.2) is 0 Å². The lowest BCUT2D eigenvalue weighted by molar-refractivity contribution is -0.142. The SMILES string of the molecule is CC[C@H](CCO[Si](C)(C)C(C)(C)C)C(=O)O. The molecule has 16 heavy (non-hydrogen) atoms. The average Bonchev–Trinajstić information content (AvgIpc) is 2.09. The average molecular weight is 246 g/mol. The highest BCUT2D eigenvalue weighted by molar-refractivity contribution is 6.74. The second kappa shape index (κ2) is 5.82. The van der Waals surface area contributed by atoms with Gasteiger partial charge in [0.05, 0.1) is 5.92 Å². The van der Waals surface area contributed by atoms with Crippen LogP contribution in [0.25, 0.3) is 0 Å². The lowest BCUT2D eigenvalue weighted by Gasteiger charge is -2.36. The van der Waals surface area contributed by atoms with Gasteiger partial charge in [-0.1, -0.05) is 27.7 Å². The molecular weight excluding hydrogens is 220 g/mol. The summed E-state index contributed by atoms with van der Waals surface area (Å²) < 4.78 is 5.95. The molecule has 0 saturated carbocycles. The molecule has 0 rings (SSSR count). The molecule has 0 heterocycles. The summed E-state index contributed by atoms with van der Waals surface area (Å²) in [4.78, 5) is 10.8. The second-order valence-electron chi connectivity index (χ2n) is 5.84. The van der Waals surface area contributed by atoms with E-state index in [4.69, 9.17) is 9.53 Å². The van der Waals surface area contributed by atoms with Crippen molar-refractivity contribution in [1.29, 1.82) is 0 Å². The molecule has 0 aromatic rings. The molecule has 0 saturated heterocycles. The Kier molecular flexibility index (Phi) is 5.69. The monoisotopic (exact) mass is 246 g/mol. The van der Waals surface area contributed by atoms with Gasteiger partial charge in [0.15, 0.2) is 8.32 Å². The number of carboxylic acids is 1. The molecule has 3 nitrogen and oxygen atoms in total. The van der Waals surface area contributed by atoms with E-state index in [-0.39, 0.29) is 11.0 Å². The zero-order valence-electron chi connectivity index (χ0n) is 11.5. The summed E-state index contributed by atoms with van der Waals surface area (Å²) in [6.07, 6.45) is 1.30. The van der Waals surface area contributed by atoms with Crippen LogP contribution >= 0.6 is 0 Å². The fourth-order valence-corrected chi connectivity index (χ4v) is 2.24. The summed E-state index contributed by atoms with van der Waals surface area (Å²) in [5, 5.41) is 9.11. The van der Waals surface area contributed by atoms with E-state index in [0.29, 0.717) is 19.4 Å². The zero-order valence-corrected chi connectivity index (χ0v) is 12.5. The molecule has 0 spiro atoms. The molecule has 0 aliphatic heterocycles. The van der Waals surface area contributed by atoms with E-state index in [2.05, 4.69) is 33.9 Å². The lowest BCUT2D eigenvalue weighted by atomic mass is 10.0. The van der Waals surface area contributed by atoms with Gasteiger partial charge in [0.1, 0.15) is 0 Å².